The second-order valence-corrected chi connectivity index (χ2v) is 4.62. The van der Waals surface area contributed by atoms with E-state index in [4.69, 9.17) is 16.3 Å². The number of methoxy groups -OCH3 is 1. The zero-order valence-corrected chi connectivity index (χ0v) is 11.0. The molecule has 0 saturated heterocycles. The number of Topliss-reactive ketones (excluding diaryl/α,β-unsaturated/α-hetero) is 1. The van der Waals surface area contributed by atoms with Gasteiger partial charge in [0.2, 0.25) is 0 Å². The number of carbonyl (C=O) groups excluding carboxylic acids is 1. The van der Waals surface area contributed by atoms with Gasteiger partial charge in [0.25, 0.3) is 0 Å². The predicted octanol–water partition coefficient (Wildman–Crippen LogP) is 2.62. The minimum Gasteiger partial charge on any atom is -0.496 e. The Morgan fingerprint density at radius 3 is 2.71 bits per heavy atom. The third-order valence-corrected chi connectivity index (χ3v) is 3.12. The lowest BCUT2D eigenvalue weighted by molar-refractivity contribution is -0.135. The number of aliphatic hydroxyl groups is 1. The van der Waals surface area contributed by atoms with Crippen LogP contribution < -0.4 is 4.74 Å². The molecule has 1 rings (SSSR count). The first-order valence-electron chi connectivity index (χ1n) is 5.48. The Bertz CT molecular complexity index is 413. The number of carbonyl (C=O) groups is 1. The van der Waals surface area contributed by atoms with E-state index in [-0.39, 0.29) is 12.2 Å². The van der Waals surface area contributed by atoms with Gasteiger partial charge in [-0.2, -0.15) is 0 Å². The van der Waals surface area contributed by atoms with Crippen LogP contribution in [0, 0.1) is 0 Å². The van der Waals surface area contributed by atoms with Gasteiger partial charge < -0.3 is 9.84 Å². The second-order valence-electron chi connectivity index (χ2n) is 4.18. The van der Waals surface area contributed by atoms with Crippen molar-refractivity contribution in [2.75, 3.05) is 7.11 Å². The molecule has 4 heteroatoms. The van der Waals surface area contributed by atoms with Crippen molar-refractivity contribution >= 4 is 17.4 Å². The summed E-state index contributed by atoms with van der Waals surface area (Å²) in [6, 6.07) is 5.10. The molecule has 3 nitrogen and oxygen atoms in total. The van der Waals surface area contributed by atoms with Crippen LogP contribution in [0.2, 0.25) is 5.02 Å². The Kier molecular flexibility index (Phi) is 4.54. The number of ketones is 1. The SMILES string of the molecule is CCC(C)(O)C(=O)Cc1cc(Cl)ccc1OC. The van der Waals surface area contributed by atoms with E-state index in [1.165, 1.54) is 14.0 Å². The largest absolute Gasteiger partial charge is 0.496 e. The van der Waals surface area contributed by atoms with Gasteiger partial charge >= 0.3 is 0 Å². The highest BCUT2D eigenvalue weighted by Gasteiger charge is 2.28. The zero-order chi connectivity index (χ0) is 13.1. The maximum atomic E-state index is 11.9. The molecule has 0 aliphatic rings. The highest BCUT2D eigenvalue weighted by atomic mass is 35.5. The Morgan fingerprint density at radius 2 is 2.18 bits per heavy atom. The fraction of sp³-hybridized carbons (Fsp3) is 0.462. The Morgan fingerprint density at radius 1 is 1.53 bits per heavy atom. The average Bonchev–Trinajstić information content (AvgIpc) is 2.29. The first-order chi connectivity index (χ1) is 7.90. The van der Waals surface area contributed by atoms with E-state index >= 15 is 0 Å². The Hall–Kier alpha value is -1.06. The van der Waals surface area contributed by atoms with Gasteiger partial charge in [-0.1, -0.05) is 18.5 Å². The normalized spacial score (nSPS) is 14.2. The molecule has 0 radical (unpaired) electrons. The molecule has 0 saturated carbocycles. The molecule has 1 aromatic rings. The molecule has 0 amide bonds. The van der Waals surface area contributed by atoms with Gasteiger partial charge in [-0.05, 0) is 31.5 Å². The minimum atomic E-state index is -1.30. The average molecular weight is 257 g/mol. The highest BCUT2D eigenvalue weighted by Crippen LogP contribution is 2.25. The lowest BCUT2D eigenvalue weighted by Crippen LogP contribution is -2.35. The van der Waals surface area contributed by atoms with Gasteiger partial charge in [-0.15, -0.1) is 0 Å². The molecule has 0 spiro atoms. The van der Waals surface area contributed by atoms with Gasteiger partial charge in [0, 0.05) is 17.0 Å². The standard InChI is InChI=1S/C13H17ClO3/c1-4-13(2,16)12(15)8-9-7-10(14)5-6-11(9)17-3/h5-7,16H,4,8H2,1-3H3. The second kappa shape index (κ2) is 5.52. The lowest BCUT2D eigenvalue weighted by Gasteiger charge is -2.20. The van der Waals surface area contributed by atoms with Crippen LogP contribution in [0.3, 0.4) is 0 Å². The fourth-order valence-electron chi connectivity index (χ4n) is 1.45. The number of benzene rings is 1. The number of hydrogen-bond acceptors (Lipinski definition) is 3. The summed E-state index contributed by atoms with van der Waals surface area (Å²) in [5.41, 5.74) is -0.605. The summed E-state index contributed by atoms with van der Waals surface area (Å²) in [5.74, 6) is 0.371. The minimum absolute atomic E-state index is 0.116. The van der Waals surface area contributed by atoms with Gasteiger partial charge in [0.15, 0.2) is 5.78 Å². The topological polar surface area (TPSA) is 46.5 Å². The van der Waals surface area contributed by atoms with Crippen LogP contribution in [0.4, 0.5) is 0 Å². The molecule has 0 aliphatic heterocycles. The summed E-state index contributed by atoms with van der Waals surface area (Å²) in [6.07, 6.45) is 0.499. The number of ether oxygens (including phenoxy) is 1. The molecular formula is C13H17ClO3. The van der Waals surface area contributed by atoms with Crippen molar-refractivity contribution in [2.24, 2.45) is 0 Å². The Labute approximate surface area is 106 Å². The molecule has 94 valence electrons. The third-order valence-electron chi connectivity index (χ3n) is 2.88. The fourth-order valence-corrected chi connectivity index (χ4v) is 1.64. The molecule has 0 aliphatic carbocycles. The van der Waals surface area contributed by atoms with Crippen LogP contribution >= 0.6 is 11.6 Å². The summed E-state index contributed by atoms with van der Waals surface area (Å²) < 4.78 is 5.16. The van der Waals surface area contributed by atoms with E-state index in [1.54, 1.807) is 25.1 Å². The summed E-state index contributed by atoms with van der Waals surface area (Å²) in [7, 11) is 1.54. The highest BCUT2D eigenvalue weighted by molar-refractivity contribution is 6.30. The summed E-state index contributed by atoms with van der Waals surface area (Å²) in [6.45, 7) is 3.29. The van der Waals surface area contributed by atoms with Crippen molar-refractivity contribution in [1.82, 2.24) is 0 Å². The van der Waals surface area contributed by atoms with E-state index in [0.717, 1.165) is 0 Å². The molecule has 0 aromatic heterocycles. The van der Waals surface area contributed by atoms with Crippen molar-refractivity contribution in [2.45, 2.75) is 32.3 Å². The van der Waals surface area contributed by atoms with Gasteiger partial charge in [-0.3, -0.25) is 4.79 Å². The van der Waals surface area contributed by atoms with E-state index in [0.29, 0.717) is 22.8 Å². The summed E-state index contributed by atoms with van der Waals surface area (Å²) in [5, 5.41) is 10.4. The molecule has 17 heavy (non-hydrogen) atoms. The van der Waals surface area contributed by atoms with E-state index in [2.05, 4.69) is 0 Å². The third kappa shape index (κ3) is 3.45. The molecule has 1 N–H and O–H groups in total. The van der Waals surface area contributed by atoms with Crippen molar-refractivity contribution in [3.05, 3.63) is 28.8 Å². The summed E-state index contributed by atoms with van der Waals surface area (Å²) >= 11 is 5.88. The maximum Gasteiger partial charge on any atom is 0.168 e. The lowest BCUT2D eigenvalue weighted by atomic mass is 9.92. The zero-order valence-electron chi connectivity index (χ0n) is 10.3. The molecule has 1 unspecified atom stereocenters. The van der Waals surface area contributed by atoms with Crippen molar-refractivity contribution in [3.63, 3.8) is 0 Å². The Balaban J connectivity index is 2.95. The van der Waals surface area contributed by atoms with Crippen LogP contribution in [0.5, 0.6) is 5.75 Å². The van der Waals surface area contributed by atoms with Crippen LogP contribution in [0.25, 0.3) is 0 Å². The maximum absolute atomic E-state index is 11.9. The monoisotopic (exact) mass is 256 g/mol. The predicted molar refractivity (Wildman–Crippen MR) is 67.6 cm³/mol. The first kappa shape index (κ1) is 14.0. The van der Waals surface area contributed by atoms with E-state index in [1.807, 2.05) is 0 Å². The summed E-state index contributed by atoms with van der Waals surface area (Å²) in [4.78, 5) is 11.9. The van der Waals surface area contributed by atoms with Crippen LogP contribution in [0.1, 0.15) is 25.8 Å². The van der Waals surface area contributed by atoms with E-state index < -0.39 is 5.60 Å². The van der Waals surface area contributed by atoms with E-state index in [9.17, 15) is 9.90 Å². The molecule has 1 atom stereocenters. The van der Waals surface area contributed by atoms with Gasteiger partial charge in [-0.25, -0.2) is 0 Å². The smallest absolute Gasteiger partial charge is 0.168 e. The van der Waals surface area contributed by atoms with Crippen molar-refractivity contribution < 1.29 is 14.6 Å². The molecule has 0 heterocycles. The molecule has 0 bridgehead atoms. The van der Waals surface area contributed by atoms with Gasteiger partial charge in [0.05, 0.1) is 7.11 Å². The van der Waals surface area contributed by atoms with Crippen LogP contribution in [-0.4, -0.2) is 23.6 Å². The van der Waals surface area contributed by atoms with Gasteiger partial charge in [0.1, 0.15) is 11.4 Å². The first-order valence-corrected chi connectivity index (χ1v) is 5.86. The van der Waals surface area contributed by atoms with Crippen LogP contribution in [-0.2, 0) is 11.2 Å². The van der Waals surface area contributed by atoms with Crippen LogP contribution in [0.15, 0.2) is 18.2 Å². The number of hydrogen-bond donors (Lipinski definition) is 1. The molecule has 1 aromatic carbocycles. The number of halogens is 1. The van der Waals surface area contributed by atoms with Crippen molar-refractivity contribution in [3.8, 4) is 5.75 Å². The molecule has 0 fully saturated rings. The van der Waals surface area contributed by atoms with Crippen molar-refractivity contribution in [1.29, 1.82) is 0 Å². The number of rotatable bonds is 5. The quantitative estimate of drug-likeness (QED) is 0.881. The molecular weight excluding hydrogens is 240 g/mol.